The molecule has 1 aromatic carbocycles. The first kappa shape index (κ1) is 11.0. The summed E-state index contributed by atoms with van der Waals surface area (Å²) in [6.07, 6.45) is 1.23. The summed E-state index contributed by atoms with van der Waals surface area (Å²) in [5.41, 5.74) is 3.24. The van der Waals surface area contributed by atoms with Gasteiger partial charge in [-0.05, 0) is 42.4 Å². The molecule has 0 spiro atoms. The van der Waals surface area contributed by atoms with Crippen molar-refractivity contribution < 1.29 is 0 Å². The zero-order valence-corrected chi connectivity index (χ0v) is 10.7. The molecule has 3 nitrogen and oxygen atoms in total. The van der Waals surface area contributed by atoms with Gasteiger partial charge in [0.2, 0.25) is 0 Å². The molecular weight excluding hydrogens is 232 g/mol. The third-order valence-electron chi connectivity index (χ3n) is 3.46. The van der Waals surface area contributed by atoms with E-state index >= 15 is 0 Å². The molecule has 0 bridgehead atoms. The number of H-pyrrole nitrogens is 1. The van der Waals surface area contributed by atoms with E-state index in [-0.39, 0.29) is 5.69 Å². The standard InChI is InChI=1S/C13H16N2OS/c1-9-3-2-4-11-12(9)15(13(16)14-11)7-10-5-6-17-8-10/h2-4,10H,5-8H2,1H3,(H,14,16). The summed E-state index contributed by atoms with van der Waals surface area (Å²) in [6.45, 7) is 2.92. The first-order valence-electron chi connectivity index (χ1n) is 6.01. The van der Waals surface area contributed by atoms with Gasteiger partial charge >= 0.3 is 5.69 Å². The van der Waals surface area contributed by atoms with Crippen LogP contribution in [0.5, 0.6) is 0 Å². The zero-order valence-electron chi connectivity index (χ0n) is 9.90. The topological polar surface area (TPSA) is 37.8 Å². The lowest BCUT2D eigenvalue weighted by Gasteiger charge is -2.10. The van der Waals surface area contributed by atoms with Crippen LogP contribution in [0.2, 0.25) is 0 Å². The monoisotopic (exact) mass is 248 g/mol. The van der Waals surface area contributed by atoms with Crippen molar-refractivity contribution in [1.82, 2.24) is 9.55 Å². The van der Waals surface area contributed by atoms with Crippen LogP contribution in [-0.2, 0) is 6.54 Å². The Bertz CT molecular complexity index is 593. The molecule has 3 rings (SSSR count). The smallest absolute Gasteiger partial charge is 0.306 e. The summed E-state index contributed by atoms with van der Waals surface area (Å²) in [5.74, 6) is 3.07. The number of nitrogens with zero attached hydrogens (tertiary/aromatic N) is 1. The maximum absolute atomic E-state index is 12.0. The van der Waals surface area contributed by atoms with Crippen LogP contribution in [-0.4, -0.2) is 21.1 Å². The summed E-state index contributed by atoms with van der Waals surface area (Å²) in [4.78, 5) is 14.9. The van der Waals surface area contributed by atoms with E-state index in [4.69, 9.17) is 0 Å². The minimum absolute atomic E-state index is 0.0335. The van der Waals surface area contributed by atoms with Crippen LogP contribution in [0.4, 0.5) is 0 Å². The Morgan fingerprint density at radius 3 is 3.18 bits per heavy atom. The van der Waals surface area contributed by atoms with Crippen molar-refractivity contribution in [2.75, 3.05) is 11.5 Å². The second-order valence-electron chi connectivity index (χ2n) is 4.74. The maximum Gasteiger partial charge on any atom is 0.326 e. The highest BCUT2D eigenvalue weighted by Gasteiger charge is 2.18. The number of imidazole rings is 1. The zero-order chi connectivity index (χ0) is 11.8. The van der Waals surface area contributed by atoms with Gasteiger partial charge in [0.25, 0.3) is 0 Å². The number of aromatic amines is 1. The quantitative estimate of drug-likeness (QED) is 0.886. The number of fused-ring (bicyclic) bond motifs is 1. The van der Waals surface area contributed by atoms with Gasteiger partial charge in [-0.1, -0.05) is 12.1 Å². The molecule has 1 N–H and O–H groups in total. The molecule has 1 unspecified atom stereocenters. The van der Waals surface area contributed by atoms with Crippen LogP contribution >= 0.6 is 11.8 Å². The van der Waals surface area contributed by atoms with Crippen molar-refractivity contribution in [3.63, 3.8) is 0 Å². The number of hydrogen-bond acceptors (Lipinski definition) is 2. The molecule has 0 radical (unpaired) electrons. The Kier molecular flexibility index (Phi) is 2.74. The van der Waals surface area contributed by atoms with E-state index in [1.807, 2.05) is 28.5 Å². The number of aryl methyl sites for hydroxylation is 1. The lowest BCUT2D eigenvalue weighted by Crippen LogP contribution is -2.21. The van der Waals surface area contributed by atoms with Crippen molar-refractivity contribution in [2.24, 2.45) is 5.92 Å². The van der Waals surface area contributed by atoms with Crippen LogP contribution in [0, 0.1) is 12.8 Å². The van der Waals surface area contributed by atoms with E-state index in [1.54, 1.807) is 0 Å². The van der Waals surface area contributed by atoms with Crippen LogP contribution in [0.15, 0.2) is 23.0 Å². The average Bonchev–Trinajstić information content (AvgIpc) is 2.89. The number of hydrogen-bond donors (Lipinski definition) is 1. The summed E-state index contributed by atoms with van der Waals surface area (Å²) in [6, 6.07) is 6.03. The first-order chi connectivity index (χ1) is 8.25. The largest absolute Gasteiger partial charge is 0.326 e. The minimum atomic E-state index is 0.0335. The number of aromatic nitrogens is 2. The summed E-state index contributed by atoms with van der Waals surface area (Å²) in [7, 11) is 0. The van der Waals surface area contributed by atoms with Gasteiger partial charge in [0.05, 0.1) is 11.0 Å². The molecule has 90 valence electrons. The highest BCUT2D eigenvalue weighted by Crippen LogP contribution is 2.26. The Hall–Kier alpha value is -1.16. The second-order valence-corrected chi connectivity index (χ2v) is 5.89. The predicted octanol–water partition coefficient (Wildman–Crippen LogP) is 2.39. The molecule has 4 heteroatoms. The third kappa shape index (κ3) is 1.90. The fraction of sp³-hybridized carbons (Fsp3) is 0.462. The number of benzene rings is 1. The molecule has 1 aliphatic rings. The molecule has 0 aliphatic carbocycles. The molecule has 1 aromatic heterocycles. The molecule has 1 saturated heterocycles. The summed E-state index contributed by atoms with van der Waals surface area (Å²) in [5, 5.41) is 0. The lowest BCUT2D eigenvalue weighted by atomic mass is 10.1. The molecule has 1 fully saturated rings. The van der Waals surface area contributed by atoms with Crippen molar-refractivity contribution in [1.29, 1.82) is 0 Å². The predicted molar refractivity (Wildman–Crippen MR) is 72.7 cm³/mol. The lowest BCUT2D eigenvalue weighted by molar-refractivity contribution is 0.492. The van der Waals surface area contributed by atoms with E-state index in [1.165, 1.54) is 23.5 Å². The number of thioether (sulfide) groups is 1. The Balaban J connectivity index is 2.08. The second kappa shape index (κ2) is 4.26. The van der Waals surface area contributed by atoms with Gasteiger partial charge in [-0.3, -0.25) is 4.57 Å². The molecule has 2 aromatic rings. The van der Waals surface area contributed by atoms with Gasteiger partial charge in [-0.2, -0.15) is 11.8 Å². The normalized spacial score (nSPS) is 20.2. The van der Waals surface area contributed by atoms with E-state index in [9.17, 15) is 4.79 Å². The van der Waals surface area contributed by atoms with Gasteiger partial charge in [0.1, 0.15) is 0 Å². The maximum atomic E-state index is 12.0. The number of rotatable bonds is 2. The van der Waals surface area contributed by atoms with E-state index < -0.39 is 0 Å². The Morgan fingerprint density at radius 2 is 2.41 bits per heavy atom. The summed E-state index contributed by atoms with van der Waals surface area (Å²) < 4.78 is 1.92. The van der Waals surface area contributed by atoms with Crippen LogP contribution in [0.3, 0.4) is 0 Å². The Morgan fingerprint density at radius 1 is 1.53 bits per heavy atom. The van der Waals surface area contributed by atoms with Crippen molar-refractivity contribution in [3.8, 4) is 0 Å². The molecule has 0 saturated carbocycles. The third-order valence-corrected chi connectivity index (χ3v) is 4.69. The minimum Gasteiger partial charge on any atom is -0.306 e. The van der Waals surface area contributed by atoms with E-state index in [0.29, 0.717) is 5.92 Å². The van der Waals surface area contributed by atoms with Crippen LogP contribution in [0.1, 0.15) is 12.0 Å². The van der Waals surface area contributed by atoms with Gasteiger partial charge in [0.15, 0.2) is 0 Å². The fourth-order valence-corrected chi connectivity index (χ4v) is 3.83. The fourth-order valence-electron chi connectivity index (χ4n) is 2.56. The first-order valence-corrected chi connectivity index (χ1v) is 7.17. The number of nitrogens with one attached hydrogen (secondary N) is 1. The van der Waals surface area contributed by atoms with Gasteiger partial charge in [0, 0.05) is 6.54 Å². The average molecular weight is 248 g/mol. The highest BCUT2D eigenvalue weighted by molar-refractivity contribution is 7.99. The number of para-hydroxylation sites is 1. The van der Waals surface area contributed by atoms with Gasteiger partial charge in [-0.25, -0.2) is 4.79 Å². The van der Waals surface area contributed by atoms with E-state index in [0.717, 1.165) is 17.6 Å². The molecule has 1 atom stereocenters. The molecule has 2 heterocycles. The van der Waals surface area contributed by atoms with Gasteiger partial charge in [-0.15, -0.1) is 0 Å². The van der Waals surface area contributed by atoms with Gasteiger partial charge < -0.3 is 4.98 Å². The molecular formula is C13H16N2OS. The van der Waals surface area contributed by atoms with Crippen molar-refractivity contribution >= 4 is 22.8 Å². The molecule has 1 aliphatic heterocycles. The summed E-state index contributed by atoms with van der Waals surface area (Å²) >= 11 is 1.99. The van der Waals surface area contributed by atoms with Crippen LogP contribution in [0.25, 0.3) is 11.0 Å². The SMILES string of the molecule is Cc1cccc2[nH]c(=O)n(CC3CCSC3)c12. The van der Waals surface area contributed by atoms with E-state index in [2.05, 4.69) is 18.0 Å². The molecule has 17 heavy (non-hydrogen) atoms. The Labute approximate surface area is 104 Å². The van der Waals surface area contributed by atoms with Crippen LogP contribution < -0.4 is 5.69 Å². The van der Waals surface area contributed by atoms with Crippen molar-refractivity contribution in [3.05, 3.63) is 34.2 Å². The van der Waals surface area contributed by atoms with Crippen molar-refractivity contribution in [2.45, 2.75) is 19.9 Å². The molecule has 0 amide bonds. The highest BCUT2D eigenvalue weighted by atomic mass is 32.2.